The third-order valence-electron chi connectivity index (χ3n) is 7.40. The Morgan fingerprint density at radius 3 is 2.25 bits per heavy atom. The van der Waals surface area contributed by atoms with Gasteiger partial charge in [-0.25, -0.2) is 4.79 Å². The number of methoxy groups -OCH3 is 1. The predicted molar refractivity (Wildman–Crippen MR) is 137 cm³/mol. The number of rotatable bonds is 8. The summed E-state index contributed by atoms with van der Waals surface area (Å²) in [6.07, 6.45) is 5.40. The summed E-state index contributed by atoms with van der Waals surface area (Å²) in [4.78, 5) is 37.3. The summed E-state index contributed by atoms with van der Waals surface area (Å²) in [6.45, 7) is 3.11. The molecule has 0 saturated carbocycles. The van der Waals surface area contributed by atoms with E-state index in [0.29, 0.717) is 19.4 Å². The van der Waals surface area contributed by atoms with Crippen molar-refractivity contribution in [3.63, 3.8) is 0 Å². The number of hydrogen-bond acceptors (Lipinski definition) is 5. The van der Waals surface area contributed by atoms with Crippen LogP contribution in [0.2, 0.25) is 0 Å². The maximum Gasteiger partial charge on any atom is 0.328 e. The van der Waals surface area contributed by atoms with Crippen LogP contribution in [0.3, 0.4) is 0 Å². The Bertz CT molecular complexity index is 1180. The van der Waals surface area contributed by atoms with Crippen molar-refractivity contribution >= 4 is 11.9 Å². The van der Waals surface area contributed by atoms with Crippen LogP contribution >= 0.6 is 0 Å². The molecule has 0 unspecified atom stereocenters. The van der Waals surface area contributed by atoms with E-state index in [1.165, 1.54) is 10.5 Å². The largest absolute Gasteiger partial charge is 0.497 e. The van der Waals surface area contributed by atoms with Crippen LogP contribution in [0.1, 0.15) is 29.5 Å². The van der Waals surface area contributed by atoms with E-state index in [0.717, 1.165) is 42.9 Å². The maximum absolute atomic E-state index is 13.9. The molecule has 2 aromatic carbocycles. The highest BCUT2D eigenvalue weighted by Crippen LogP contribution is 2.38. The molecule has 2 saturated heterocycles. The molecule has 0 N–H and O–H groups in total. The number of nitrogens with zero attached hydrogens (tertiary/aromatic N) is 4. The third kappa shape index (κ3) is 4.84. The lowest BCUT2D eigenvalue weighted by atomic mass is 9.85. The van der Waals surface area contributed by atoms with Gasteiger partial charge in [0, 0.05) is 38.6 Å². The fourth-order valence-electron chi connectivity index (χ4n) is 5.35. The molecular formula is C29H32N4O3. The van der Waals surface area contributed by atoms with Crippen LogP contribution in [0.25, 0.3) is 0 Å². The zero-order valence-electron chi connectivity index (χ0n) is 20.7. The number of pyridine rings is 1. The molecular weight excluding hydrogens is 452 g/mol. The number of piperidine rings is 1. The van der Waals surface area contributed by atoms with E-state index in [9.17, 15) is 9.59 Å². The van der Waals surface area contributed by atoms with Gasteiger partial charge in [-0.3, -0.25) is 19.6 Å². The van der Waals surface area contributed by atoms with Gasteiger partial charge in [0.15, 0.2) is 0 Å². The lowest BCUT2D eigenvalue weighted by Crippen LogP contribution is -2.56. The van der Waals surface area contributed by atoms with Crippen LogP contribution in [-0.2, 0) is 24.3 Å². The van der Waals surface area contributed by atoms with E-state index in [1.807, 2.05) is 47.4 Å². The number of amides is 3. The molecule has 0 radical (unpaired) electrons. The summed E-state index contributed by atoms with van der Waals surface area (Å²) in [7, 11) is 1.67. The molecule has 3 aromatic rings. The van der Waals surface area contributed by atoms with E-state index >= 15 is 0 Å². The average molecular weight is 485 g/mol. The molecule has 1 spiro atoms. The van der Waals surface area contributed by atoms with Crippen LogP contribution in [0.4, 0.5) is 4.79 Å². The number of aromatic nitrogens is 1. The Kier molecular flexibility index (Phi) is 7.00. The summed E-state index contributed by atoms with van der Waals surface area (Å²) in [5, 5.41) is 0. The highest BCUT2D eigenvalue weighted by Gasteiger charge is 2.57. The standard InChI is InChI=1S/C29H32N4O3/c1-36-26-11-9-24(10-12-26)21-31-18-14-29(15-19-31)27(34)32(22-25-8-5-16-30-20-25)28(35)33(29)17-13-23-6-3-2-4-7-23/h2-12,16,20H,13-15,17-19,21-22H2,1H3. The lowest BCUT2D eigenvalue weighted by Gasteiger charge is -2.42. The molecule has 0 aliphatic carbocycles. The summed E-state index contributed by atoms with van der Waals surface area (Å²) in [6, 6.07) is 21.8. The second-order valence-electron chi connectivity index (χ2n) is 9.58. The van der Waals surface area contributed by atoms with Crippen LogP contribution in [-0.4, -0.2) is 63.9 Å². The zero-order valence-corrected chi connectivity index (χ0v) is 20.7. The highest BCUT2D eigenvalue weighted by molar-refractivity contribution is 6.07. The van der Waals surface area contributed by atoms with Gasteiger partial charge in [0.05, 0.1) is 13.7 Å². The van der Waals surface area contributed by atoms with Crippen molar-refractivity contribution in [1.82, 2.24) is 19.7 Å². The molecule has 2 fully saturated rings. The van der Waals surface area contributed by atoms with Crippen molar-refractivity contribution in [2.75, 3.05) is 26.7 Å². The van der Waals surface area contributed by atoms with Gasteiger partial charge in [-0.1, -0.05) is 48.5 Å². The number of carbonyl (C=O) groups is 2. The first kappa shape index (κ1) is 24.0. The van der Waals surface area contributed by atoms with Crippen LogP contribution < -0.4 is 4.74 Å². The molecule has 186 valence electrons. The summed E-state index contributed by atoms with van der Waals surface area (Å²) >= 11 is 0. The molecule has 0 bridgehead atoms. The van der Waals surface area contributed by atoms with E-state index in [1.54, 1.807) is 19.5 Å². The minimum atomic E-state index is -0.787. The van der Waals surface area contributed by atoms with E-state index < -0.39 is 5.54 Å². The second-order valence-corrected chi connectivity index (χ2v) is 9.58. The minimum Gasteiger partial charge on any atom is -0.497 e. The zero-order chi connectivity index (χ0) is 25.0. The number of carbonyl (C=O) groups excluding carboxylic acids is 2. The van der Waals surface area contributed by atoms with Crippen LogP contribution in [0, 0.1) is 0 Å². The second kappa shape index (κ2) is 10.5. The van der Waals surface area contributed by atoms with Crippen molar-refractivity contribution in [3.8, 4) is 5.75 Å². The van der Waals surface area contributed by atoms with Gasteiger partial charge in [0.2, 0.25) is 0 Å². The Hall–Kier alpha value is -3.71. The van der Waals surface area contributed by atoms with Gasteiger partial charge in [0.1, 0.15) is 11.3 Å². The van der Waals surface area contributed by atoms with Crippen molar-refractivity contribution < 1.29 is 14.3 Å². The fourth-order valence-corrected chi connectivity index (χ4v) is 5.35. The third-order valence-corrected chi connectivity index (χ3v) is 7.40. The van der Waals surface area contributed by atoms with Crippen LogP contribution in [0.15, 0.2) is 79.1 Å². The first-order valence-corrected chi connectivity index (χ1v) is 12.5. The van der Waals surface area contributed by atoms with Crippen LogP contribution in [0.5, 0.6) is 5.75 Å². The summed E-state index contributed by atoms with van der Waals surface area (Å²) < 4.78 is 5.27. The first-order chi connectivity index (χ1) is 17.6. The Labute approximate surface area is 212 Å². The predicted octanol–water partition coefficient (Wildman–Crippen LogP) is 4.13. The summed E-state index contributed by atoms with van der Waals surface area (Å²) in [5.41, 5.74) is 2.44. The topological polar surface area (TPSA) is 66.0 Å². The quantitative estimate of drug-likeness (QED) is 0.450. The summed E-state index contributed by atoms with van der Waals surface area (Å²) in [5.74, 6) is 0.766. The number of hydrogen-bond donors (Lipinski definition) is 0. The van der Waals surface area contributed by atoms with Gasteiger partial charge < -0.3 is 9.64 Å². The highest BCUT2D eigenvalue weighted by atomic mass is 16.5. The van der Waals surface area contributed by atoms with Gasteiger partial charge in [-0.15, -0.1) is 0 Å². The average Bonchev–Trinajstić information content (AvgIpc) is 3.11. The number of ether oxygens (including phenoxy) is 1. The molecule has 36 heavy (non-hydrogen) atoms. The number of benzene rings is 2. The normalized spacial score (nSPS) is 17.7. The first-order valence-electron chi connectivity index (χ1n) is 12.5. The van der Waals surface area contributed by atoms with E-state index in [-0.39, 0.29) is 18.5 Å². The molecule has 2 aliphatic rings. The number of urea groups is 1. The number of likely N-dealkylation sites (tertiary alicyclic amines) is 1. The van der Waals surface area contributed by atoms with Gasteiger partial charge >= 0.3 is 6.03 Å². The molecule has 7 heteroatoms. The Morgan fingerprint density at radius 2 is 1.58 bits per heavy atom. The van der Waals surface area contributed by atoms with Gasteiger partial charge in [0.25, 0.3) is 5.91 Å². The molecule has 7 nitrogen and oxygen atoms in total. The molecule has 2 aliphatic heterocycles. The van der Waals surface area contributed by atoms with Crippen molar-refractivity contribution in [2.24, 2.45) is 0 Å². The Balaban J connectivity index is 1.33. The Morgan fingerprint density at radius 1 is 0.861 bits per heavy atom. The molecule has 1 aromatic heterocycles. The SMILES string of the molecule is COc1ccc(CN2CCC3(CC2)C(=O)N(Cc2cccnc2)C(=O)N3CCc2ccccc2)cc1. The van der Waals surface area contributed by atoms with Gasteiger partial charge in [-0.2, -0.15) is 0 Å². The van der Waals surface area contributed by atoms with Crippen molar-refractivity contribution in [3.05, 3.63) is 95.8 Å². The van der Waals surface area contributed by atoms with E-state index in [2.05, 4.69) is 34.1 Å². The molecule has 3 heterocycles. The van der Waals surface area contributed by atoms with Gasteiger partial charge in [-0.05, 0) is 54.2 Å². The fraction of sp³-hybridized carbons (Fsp3) is 0.345. The minimum absolute atomic E-state index is 0.0755. The number of imide groups is 1. The maximum atomic E-state index is 13.9. The molecule has 3 amide bonds. The van der Waals surface area contributed by atoms with Crippen molar-refractivity contribution in [2.45, 2.75) is 37.9 Å². The smallest absolute Gasteiger partial charge is 0.328 e. The molecule has 5 rings (SSSR count). The molecule has 0 atom stereocenters. The lowest BCUT2D eigenvalue weighted by molar-refractivity contribution is -0.136. The monoisotopic (exact) mass is 484 g/mol. The van der Waals surface area contributed by atoms with Crippen molar-refractivity contribution in [1.29, 1.82) is 0 Å². The van der Waals surface area contributed by atoms with E-state index in [4.69, 9.17) is 4.74 Å².